The fraction of sp³-hybridized carbons (Fsp3) is 0.333. The van der Waals surface area contributed by atoms with Gasteiger partial charge >= 0.3 is 6.18 Å². The highest BCUT2D eigenvalue weighted by Crippen LogP contribution is 2.37. The van der Waals surface area contributed by atoms with Gasteiger partial charge < -0.3 is 5.32 Å². The molecule has 1 N–H and O–H groups in total. The quantitative estimate of drug-likeness (QED) is 0.544. The SMILES string of the molecule is O=C(CN1CCC(c2nc3ccccc3s2)CC1)Nc1ccc(Cl)cc1C(F)(F)F. The van der Waals surface area contributed by atoms with E-state index >= 15 is 0 Å². The number of alkyl halides is 3. The Kier molecular flexibility index (Phi) is 5.99. The lowest BCUT2D eigenvalue weighted by Crippen LogP contribution is -2.38. The Morgan fingerprint density at radius 1 is 1.20 bits per heavy atom. The zero-order chi connectivity index (χ0) is 21.3. The molecule has 0 spiro atoms. The van der Waals surface area contributed by atoms with E-state index in [2.05, 4.69) is 11.4 Å². The number of nitrogens with zero attached hydrogens (tertiary/aromatic N) is 2. The Hall–Kier alpha value is -2.16. The molecule has 2 heterocycles. The Morgan fingerprint density at radius 2 is 1.93 bits per heavy atom. The third kappa shape index (κ3) is 4.77. The van der Waals surface area contributed by atoms with Crippen LogP contribution in [0.15, 0.2) is 42.5 Å². The van der Waals surface area contributed by atoms with Gasteiger partial charge in [0.1, 0.15) is 0 Å². The predicted octanol–water partition coefficient (Wildman–Crippen LogP) is 5.79. The molecule has 30 heavy (non-hydrogen) atoms. The number of benzene rings is 2. The van der Waals surface area contributed by atoms with Gasteiger partial charge in [-0.25, -0.2) is 4.98 Å². The Bertz CT molecular complexity index is 1030. The first-order valence-electron chi connectivity index (χ1n) is 9.54. The minimum atomic E-state index is -4.59. The summed E-state index contributed by atoms with van der Waals surface area (Å²) >= 11 is 7.38. The molecule has 1 fully saturated rings. The predicted molar refractivity (Wildman–Crippen MR) is 113 cm³/mol. The number of piperidine rings is 1. The summed E-state index contributed by atoms with van der Waals surface area (Å²) in [5.41, 5.74) is -0.220. The van der Waals surface area contributed by atoms with Crippen LogP contribution >= 0.6 is 22.9 Å². The molecule has 1 amide bonds. The van der Waals surface area contributed by atoms with E-state index in [0.717, 1.165) is 34.1 Å². The highest BCUT2D eigenvalue weighted by molar-refractivity contribution is 7.18. The van der Waals surface area contributed by atoms with E-state index in [4.69, 9.17) is 16.6 Å². The molecular formula is C21H19ClF3N3OS. The number of fused-ring (bicyclic) bond motifs is 1. The third-order valence-electron chi connectivity index (χ3n) is 5.18. The van der Waals surface area contributed by atoms with Gasteiger partial charge in [-0.15, -0.1) is 11.3 Å². The maximum absolute atomic E-state index is 13.2. The van der Waals surface area contributed by atoms with Crippen LogP contribution in [0, 0.1) is 0 Å². The van der Waals surface area contributed by atoms with E-state index in [1.807, 2.05) is 23.1 Å². The number of amides is 1. The zero-order valence-corrected chi connectivity index (χ0v) is 17.4. The summed E-state index contributed by atoms with van der Waals surface area (Å²) in [6, 6.07) is 11.4. The van der Waals surface area contributed by atoms with E-state index in [1.165, 1.54) is 12.1 Å². The number of hydrogen-bond donors (Lipinski definition) is 1. The molecule has 1 aromatic heterocycles. The summed E-state index contributed by atoms with van der Waals surface area (Å²) in [5.74, 6) is -0.129. The fourth-order valence-corrected chi connectivity index (χ4v) is 4.96. The van der Waals surface area contributed by atoms with Crippen molar-refractivity contribution in [2.75, 3.05) is 25.0 Å². The fourth-order valence-electron chi connectivity index (χ4n) is 3.66. The van der Waals surface area contributed by atoms with Crippen LogP contribution in [0.1, 0.15) is 29.3 Å². The second-order valence-electron chi connectivity index (χ2n) is 7.31. The summed E-state index contributed by atoms with van der Waals surface area (Å²) in [6.45, 7) is 1.44. The number of anilines is 1. The van der Waals surface area contributed by atoms with Crippen molar-refractivity contribution < 1.29 is 18.0 Å². The maximum atomic E-state index is 13.2. The van der Waals surface area contributed by atoms with Crippen LogP contribution in [0.4, 0.5) is 18.9 Å². The molecule has 0 radical (unpaired) electrons. The molecule has 9 heteroatoms. The van der Waals surface area contributed by atoms with Gasteiger partial charge in [0.15, 0.2) is 0 Å². The van der Waals surface area contributed by atoms with Gasteiger partial charge in [0.25, 0.3) is 0 Å². The van der Waals surface area contributed by atoms with E-state index in [1.54, 1.807) is 11.3 Å². The molecule has 0 saturated carbocycles. The van der Waals surface area contributed by atoms with Crippen LogP contribution in [0.5, 0.6) is 0 Å². The molecule has 4 nitrogen and oxygen atoms in total. The molecule has 2 aromatic carbocycles. The molecule has 0 aliphatic carbocycles. The summed E-state index contributed by atoms with van der Waals surface area (Å²) < 4.78 is 40.7. The van der Waals surface area contributed by atoms with Crippen molar-refractivity contribution in [1.82, 2.24) is 9.88 Å². The summed E-state index contributed by atoms with van der Waals surface area (Å²) in [7, 11) is 0. The first kappa shape index (κ1) is 21.1. The third-order valence-corrected chi connectivity index (χ3v) is 6.61. The summed E-state index contributed by atoms with van der Waals surface area (Å²) in [5, 5.41) is 3.46. The number of halogens is 4. The van der Waals surface area contributed by atoms with Crippen LogP contribution < -0.4 is 5.32 Å². The van der Waals surface area contributed by atoms with Gasteiger partial charge in [-0.3, -0.25) is 9.69 Å². The van der Waals surface area contributed by atoms with Crippen LogP contribution in [0.25, 0.3) is 10.2 Å². The number of aromatic nitrogens is 1. The molecule has 1 aliphatic rings. The Labute approximate surface area is 180 Å². The van der Waals surface area contributed by atoms with E-state index < -0.39 is 17.6 Å². The topological polar surface area (TPSA) is 45.2 Å². The first-order chi connectivity index (χ1) is 14.3. The van der Waals surface area contributed by atoms with Gasteiger partial charge in [0.05, 0.1) is 33.0 Å². The van der Waals surface area contributed by atoms with Crippen molar-refractivity contribution >= 4 is 44.7 Å². The minimum absolute atomic E-state index is 0.0303. The summed E-state index contributed by atoms with van der Waals surface area (Å²) in [6.07, 6.45) is -2.87. The molecule has 0 atom stereocenters. The highest BCUT2D eigenvalue weighted by Gasteiger charge is 2.34. The number of para-hydroxylation sites is 1. The van der Waals surface area contributed by atoms with Crippen LogP contribution in [-0.2, 0) is 11.0 Å². The zero-order valence-electron chi connectivity index (χ0n) is 15.9. The normalized spacial score (nSPS) is 16.1. The van der Waals surface area contributed by atoms with Crippen molar-refractivity contribution in [2.24, 2.45) is 0 Å². The first-order valence-corrected chi connectivity index (χ1v) is 10.7. The van der Waals surface area contributed by atoms with Crippen molar-refractivity contribution in [3.63, 3.8) is 0 Å². The number of carbonyl (C=O) groups excluding carboxylic acids is 1. The number of carbonyl (C=O) groups is 1. The highest BCUT2D eigenvalue weighted by atomic mass is 35.5. The monoisotopic (exact) mass is 453 g/mol. The maximum Gasteiger partial charge on any atom is 0.418 e. The second kappa shape index (κ2) is 8.53. The average molecular weight is 454 g/mol. The van der Waals surface area contributed by atoms with Crippen molar-refractivity contribution in [3.8, 4) is 0 Å². The molecule has 1 saturated heterocycles. The number of likely N-dealkylation sites (tertiary alicyclic amines) is 1. The van der Waals surface area contributed by atoms with Crippen LogP contribution in [0.3, 0.4) is 0 Å². The Balaban J connectivity index is 1.35. The van der Waals surface area contributed by atoms with Gasteiger partial charge in [-0.1, -0.05) is 23.7 Å². The molecule has 158 valence electrons. The lowest BCUT2D eigenvalue weighted by atomic mass is 9.97. The average Bonchev–Trinajstić information content (AvgIpc) is 3.13. The standard InChI is InChI=1S/C21H19ClF3N3OS/c22-14-5-6-16(15(11-14)21(23,24)25)26-19(29)12-28-9-7-13(8-10-28)20-27-17-3-1-2-4-18(17)30-20/h1-6,11,13H,7-10,12H2,(H,26,29). The lowest BCUT2D eigenvalue weighted by Gasteiger charge is -2.30. The van der Waals surface area contributed by atoms with Crippen LogP contribution in [-0.4, -0.2) is 35.4 Å². The lowest BCUT2D eigenvalue weighted by molar-refractivity contribution is -0.137. The smallest absolute Gasteiger partial charge is 0.324 e. The van der Waals surface area contributed by atoms with Gasteiger partial charge in [0.2, 0.25) is 5.91 Å². The minimum Gasteiger partial charge on any atom is -0.324 e. The van der Waals surface area contributed by atoms with E-state index in [0.29, 0.717) is 19.0 Å². The van der Waals surface area contributed by atoms with Crippen LogP contribution in [0.2, 0.25) is 5.02 Å². The van der Waals surface area contributed by atoms with Gasteiger partial charge in [0, 0.05) is 10.9 Å². The molecule has 4 rings (SSSR count). The molecule has 0 unspecified atom stereocenters. The molecular weight excluding hydrogens is 435 g/mol. The van der Waals surface area contributed by atoms with E-state index in [9.17, 15) is 18.0 Å². The molecule has 0 bridgehead atoms. The van der Waals surface area contributed by atoms with Crippen molar-refractivity contribution in [3.05, 3.63) is 58.1 Å². The number of nitrogens with one attached hydrogen (secondary N) is 1. The van der Waals surface area contributed by atoms with Crippen molar-refractivity contribution in [1.29, 1.82) is 0 Å². The number of thiazole rings is 1. The largest absolute Gasteiger partial charge is 0.418 e. The number of rotatable bonds is 4. The molecule has 1 aliphatic heterocycles. The van der Waals surface area contributed by atoms with Gasteiger partial charge in [-0.2, -0.15) is 13.2 Å². The number of hydrogen-bond acceptors (Lipinski definition) is 4. The molecule has 3 aromatic rings. The van der Waals surface area contributed by atoms with Gasteiger partial charge in [-0.05, 0) is 56.3 Å². The Morgan fingerprint density at radius 3 is 2.63 bits per heavy atom. The van der Waals surface area contributed by atoms with Crippen molar-refractivity contribution in [2.45, 2.75) is 24.9 Å². The van der Waals surface area contributed by atoms with E-state index in [-0.39, 0.29) is 17.3 Å². The second-order valence-corrected chi connectivity index (χ2v) is 8.80. The summed E-state index contributed by atoms with van der Waals surface area (Å²) in [4.78, 5) is 19.0.